The smallest absolute Gasteiger partial charge is 0.226 e. The molecule has 0 spiro atoms. The van der Waals surface area contributed by atoms with Crippen LogP contribution in [0.15, 0.2) is 23.3 Å². The Bertz CT molecular complexity index is 264. The number of hydrogen-bond acceptors (Lipinski definition) is 3. The summed E-state index contributed by atoms with van der Waals surface area (Å²) in [5, 5.41) is 0. The summed E-state index contributed by atoms with van der Waals surface area (Å²) < 4.78 is 12.1. The van der Waals surface area contributed by atoms with Crippen LogP contribution in [0.5, 0.6) is 0 Å². The molecule has 0 aliphatic rings. The Morgan fingerprint density at radius 2 is 2.40 bits per heavy atom. The number of halogens is 1. The van der Waals surface area contributed by atoms with E-state index in [9.17, 15) is 9.18 Å². The molecule has 50 valence electrons. The van der Waals surface area contributed by atoms with Crippen molar-refractivity contribution in [1.82, 2.24) is 4.98 Å². The van der Waals surface area contributed by atoms with Gasteiger partial charge in [0.25, 0.3) is 0 Å². The van der Waals surface area contributed by atoms with Crippen molar-refractivity contribution in [1.29, 1.82) is 0 Å². The number of carbonyl (C=O) groups excluding carboxylic acids is 1. The van der Waals surface area contributed by atoms with E-state index in [4.69, 9.17) is 0 Å². The fraction of sp³-hybridized carbons (Fsp3) is 0. The molecule has 10 heavy (non-hydrogen) atoms. The topological polar surface area (TPSA) is 42.3 Å². The minimum absolute atomic E-state index is 0.302. The van der Waals surface area contributed by atoms with Gasteiger partial charge in [-0.05, 0) is 12.1 Å². The van der Waals surface area contributed by atoms with Gasteiger partial charge in [-0.1, -0.05) is 0 Å². The van der Waals surface area contributed by atoms with Crippen molar-refractivity contribution in [3.05, 3.63) is 24.3 Å². The van der Waals surface area contributed by atoms with Crippen molar-refractivity contribution >= 4 is 11.8 Å². The summed E-state index contributed by atoms with van der Waals surface area (Å²) in [6.45, 7) is 0. The first-order chi connectivity index (χ1) is 4.83. The van der Waals surface area contributed by atoms with Gasteiger partial charge < -0.3 is 0 Å². The van der Waals surface area contributed by atoms with Crippen LogP contribution in [0.4, 0.5) is 10.1 Å². The molecule has 0 atom stereocenters. The van der Waals surface area contributed by atoms with Gasteiger partial charge in [0.05, 0.1) is 11.9 Å². The first-order valence-corrected chi connectivity index (χ1v) is 2.52. The molecule has 0 saturated carbocycles. The van der Waals surface area contributed by atoms with Crippen LogP contribution in [0, 0.1) is 5.95 Å². The van der Waals surface area contributed by atoms with E-state index in [-0.39, 0.29) is 0 Å². The molecule has 3 nitrogen and oxygen atoms in total. The molecule has 0 bridgehead atoms. The van der Waals surface area contributed by atoms with Gasteiger partial charge in [0.2, 0.25) is 12.0 Å². The molecule has 0 amide bonds. The minimum atomic E-state index is -0.593. The quantitative estimate of drug-likeness (QED) is 0.332. The van der Waals surface area contributed by atoms with E-state index in [0.29, 0.717) is 5.69 Å². The summed E-state index contributed by atoms with van der Waals surface area (Å²) in [5.74, 6) is -0.593. The zero-order valence-electron chi connectivity index (χ0n) is 4.91. The van der Waals surface area contributed by atoms with Crippen LogP contribution in [0.25, 0.3) is 0 Å². The van der Waals surface area contributed by atoms with Gasteiger partial charge in [0.15, 0.2) is 0 Å². The van der Waals surface area contributed by atoms with E-state index in [1.807, 2.05) is 0 Å². The molecule has 0 saturated heterocycles. The Labute approximate surface area is 56.2 Å². The number of rotatable bonds is 1. The molecule has 0 N–H and O–H groups in total. The first kappa shape index (κ1) is 6.58. The Kier molecular flexibility index (Phi) is 1.87. The molecule has 1 aromatic rings. The molecule has 1 rings (SSSR count). The van der Waals surface area contributed by atoms with Crippen molar-refractivity contribution in [2.45, 2.75) is 0 Å². The fourth-order valence-corrected chi connectivity index (χ4v) is 0.487. The molecule has 1 heterocycles. The summed E-state index contributed by atoms with van der Waals surface area (Å²) in [4.78, 5) is 16.1. The van der Waals surface area contributed by atoms with Crippen LogP contribution >= 0.6 is 0 Å². The van der Waals surface area contributed by atoms with Gasteiger partial charge in [0.1, 0.15) is 0 Å². The zero-order chi connectivity index (χ0) is 7.40. The van der Waals surface area contributed by atoms with Crippen molar-refractivity contribution in [2.24, 2.45) is 4.99 Å². The van der Waals surface area contributed by atoms with Crippen molar-refractivity contribution in [3.63, 3.8) is 0 Å². The van der Waals surface area contributed by atoms with Crippen LogP contribution in [-0.4, -0.2) is 11.1 Å². The maximum Gasteiger partial charge on any atom is 0.240 e. The Morgan fingerprint density at radius 1 is 1.60 bits per heavy atom. The first-order valence-electron chi connectivity index (χ1n) is 2.52. The lowest BCUT2D eigenvalue weighted by Gasteiger charge is -1.86. The fourth-order valence-electron chi connectivity index (χ4n) is 0.487. The highest BCUT2D eigenvalue weighted by Crippen LogP contribution is 2.07. The second-order valence-corrected chi connectivity index (χ2v) is 1.54. The summed E-state index contributed by atoms with van der Waals surface area (Å²) in [5.41, 5.74) is 0.302. The largest absolute Gasteiger partial charge is 0.240 e. The molecule has 0 aliphatic heterocycles. The standard InChI is InChI=1S/C6H3FN2O/c7-6-2-1-5(3-8-6)9-4-10/h1-3H. The van der Waals surface area contributed by atoms with Crippen molar-refractivity contribution in [3.8, 4) is 0 Å². The van der Waals surface area contributed by atoms with Gasteiger partial charge in [-0.3, -0.25) is 0 Å². The molecular weight excluding hydrogens is 135 g/mol. The lowest BCUT2D eigenvalue weighted by atomic mass is 10.4. The number of aromatic nitrogens is 1. The highest BCUT2D eigenvalue weighted by atomic mass is 19.1. The van der Waals surface area contributed by atoms with Crippen LogP contribution < -0.4 is 0 Å². The summed E-state index contributed by atoms with van der Waals surface area (Å²) in [7, 11) is 0. The average molecular weight is 138 g/mol. The van der Waals surface area contributed by atoms with E-state index in [0.717, 1.165) is 12.3 Å². The number of hydrogen-bond donors (Lipinski definition) is 0. The molecule has 0 aliphatic carbocycles. The lowest BCUT2D eigenvalue weighted by molar-refractivity contribution is 0.565. The van der Waals surface area contributed by atoms with E-state index in [1.165, 1.54) is 12.1 Å². The maximum absolute atomic E-state index is 12.1. The number of nitrogens with zero attached hydrogens (tertiary/aromatic N) is 2. The highest BCUT2D eigenvalue weighted by molar-refractivity contribution is 5.46. The average Bonchev–Trinajstić information content (AvgIpc) is 1.95. The van der Waals surface area contributed by atoms with Gasteiger partial charge >= 0.3 is 0 Å². The molecular formula is C6H3FN2O. The normalized spacial score (nSPS) is 8.50. The molecule has 4 heteroatoms. The number of aliphatic imine (C=N–C) groups is 1. The molecule has 0 aromatic carbocycles. The summed E-state index contributed by atoms with van der Waals surface area (Å²) >= 11 is 0. The van der Waals surface area contributed by atoms with Gasteiger partial charge in [-0.25, -0.2) is 9.78 Å². The molecule has 0 fully saturated rings. The second-order valence-electron chi connectivity index (χ2n) is 1.54. The Hall–Kier alpha value is -1.54. The number of isocyanates is 1. The molecule has 1 aromatic heterocycles. The van der Waals surface area contributed by atoms with Gasteiger partial charge in [0, 0.05) is 0 Å². The van der Waals surface area contributed by atoms with Gasteiger partial charge in [-0.2, -0.15) is 9.38 Å². The Balaban J connectivity index is 3.00. The molecule has 0 unspecified atom stereocenters. The maximum atomic E-state index is 12.1. The third-order valence-electron chi connectivity index (χ3n) is 0.887. The van der Waals surface area contributed by atoms with E-state index in [2.05, 4.69) is 9.98 Å². The minimum Gasteiger partial charge on any atom is -0.226 e. The third kappa shape index (κ3) is 1.47. The highest BCUT2D eigenvalue weighted by Gasteiger charge is 1.89. The zero-order valence-corrected chi connectivity index (χ0v) is 4.91. The Morgan fingerprint density at radius 3 is 2.90 bits per heavy atom. The summed E-state index contributed by atoms with van der Waals surface area (Å²) in [6, 6.07) is 2.46. The van der Waals surface area contributed by atoms with Crippen LogP contribution in [0.3, 0.4) is 0 Å². The van der Waals surface area contributed by atoms with Crippen molar-refractivity contribution < 1.29 is 9.18 Å². The lowest BCUT2D eigenvalue weighted by Crippen LogP contribution is -1.76. The monoisotopic (exact) mass is 138 g/mol. The van der Waals surface area contributed by atoms with E-state index < -0.39 is 5.95 Å². The van der Waals surface area contributed by atoms with Crippen LogP contribution in [0.1, 0.15) is 0 Å². The van der Waals surface area contributed by atoms with Crippen molar-refractivity contribution in [2.75, 3.05) is 0 Å². The predicted molar refractivity (Wildman–Crippen MR) is 32.0 cm³/mol. The van der Waals surface area contributed by atoms with Crippen LogP contribution in [0.2, 0.25) is 0 Å². The van der Waals surface area contributed by atoms with Gasteiger partial charge in [-0.15, -0.1) is 0 Å². The van der Waals surface area contributed by atoms with Crippen LogP contribution in [-0.2, 0) is 4.79 Å². The second kappa shape index (κ2) is 2.85. The SMILES string of the molecule is O=C=Nc1ccc(F)nc1. The predicted octanol–water partition coefficient (Wildman–Crippen LogP) is 1.19. The summed E-state index contributed by atoms with van der Waals surface area (Å²) in [6.07, 6.45) is 2.47. The molecule has 0 radical (unpaired) electrons. The van der Waals surface area contributed by atoms with E-state index in [1.54, 1.807) is 0 Å². The van der Waals surface area contributed by atoms with E-state index >= 15 is 0 Å². The third-order valence-corrected chi connectivity index (χ3v) is 0.887. The number of pyridine rings is 1.